The van der Waals surface area contributed by atoms with Gasteiger partial charge in [-0.05, 0) is 39.2 Å². The summed E-state index contributed by atoms with van der Waals surface area (Å²) in [6.07, 6.45) is 2.00. The first-order valence-electron chi connectivity index (χ1n) is 8.30. The van der Waals surface area contributed by atoms with E-state index in [1.165, 1.54) is 0 Å². The van der Waals surface area contributed by atoms with E-state index in [2.05, 4.69) is 0 Å². The minimum atomic E-state index is -1.35. The number of likely N-dealkylation sites (N-methyl/N-ethyl adjacent to an activating group) is 1. The molecule has 0 aliphatic carbocycles. The lowest BCUT2D eigenvalue weighted by Gasteiger charge is -2.32. The van der Waals surface area contributed by atoms with E-state index in [-0.39, 0.29) is 17.0 Å². The Kier molecular flexibility index (Phi) is 3.78. The Labute approximate surface area is 135 Å². The molecule has 3 heterocycles. The summed E-state index contributed by atoms with van der Waals surface area (Å²) >= 11 is 0. The van der Waals surface area contributed by atoms with E-state index in [4.69, 9.17) is 4.74 Å². The second-order valence-electron chi connectivity index (χ2n) is 6.03. The quantitative estimate of drug-likeness (QED) is 0.788. The molecule has 6 nitrogen and oxygen atoms in total. The number of carbonyl (C=O) groups excluding carboxylic acids is 2. The molecule has 0 N–H and O–H groups in total. The van der Waals surface area contributed by atoms with Crippen LogP contribution in [-0.4, -0.2) is 34.4 Å². The number of hydrogen-bond acceptors (Lipinski definition) is 4. The molecule has 1 aromatic rings. The third kappa shape index (κ3) is 2.04. The lowest BCUT2D eigenvalue weighted by Crippen LogP contribution is -2.47. The number of carbonyl (C=O) groups is 2. The first kappa shape index (κ1) is 15.8. The lowest BCUT2D eigenvalue weighted by molar-refractivity contribution is -0.152. The number of fused-ring (bicyclic) bond motifs is 2. The summed E-state index contributed by atoms with van der Waals surface area (Å²) in [5.41, 5.74) is -0.284. The largest absolute Gasteiger partial charge is 0.440 e. The van der Waals surface area contributed by atoms with Crippen LogP contribution in [0, 0.1) is 0 Å². The van der Waals surface area contributed by atoms with Gasteiger partial charge in [0.1, 0.15) is 5.56 Å². The summed E-state index contributed by atoms with van der Waals surface area (Å²) in [6.45, 7) is 7.29. The van der Waals surface area contributed by atoms with Crippen LogP contribution in [0.5, 0.6) is 0 Å². The van der Waals surface area contributed by atoms with Crippen LogP contribution < -0.4 is 5.56 Å². The van der Waals surface area contributed by atoms with Crippen molar-refractivity contribution in [2.75, 3.05) is 13.1 Å². The van der Waals surface area contributed by atoms with Gasteiger partial charge in [-0.25, -0.2) is 4.79 Å². The zero-order valence-corrected chi connectivity index (χ0v) is 13.8. The van der Waals surface area contributed by atoms with Crippen molar-refractivity contribution in [2.45, 2.75) is 52.2 Å². The average Bonchev–Trinajstić information content (AvgIpc) is 3.12. The van der Waals surface area contributed by atoms with Crippen LogP contribution in [0.1, 0.15) is 55.2 Å². The fourth-order valence-corrected chi connectivity index (χ4v) is 3.69. The lowest BCUT2D eigenvalue weighted by atomic mass is 9.88. The van der Waals surface area contributed by atoms with Gasteiger partial charge in [0.2, 0.25) is 5.60 Å². The van der Waals surface area contributed by atoms with Crippen molar-refractivity contribution in [1.82, 2.24) is 9.47 Å². The molecule has 0 aromatic carbocycles. The highest BCUT2D eigenvalue weighted by Crippen LogP contribution is 2.40. The highest BCUT2D eigenvalue weighted by molar-refractivity contribution is 6.02. The molecule has 0 fully saturated rings. The fraction of sp³-hybridized carbons (Fsp3) is 0.588. The number of nitrogens with zero attached hydrogens (tertiary/aromatic N) is 2. The Balaban J connectivity index is 2.22. The summed E-state index contributed by atoms with van der Waals surface area (Å²) in [6, 6.07) is 1.83. The molecule has 2 aliphatic rings. The molecule has 1 aromatic heterocycles. The predicted octanol–water partition coefficient (Wildman–Crippen LogP) is 1.44. The second kappa shape index (κ2) is 5.51. The van der Waals surface area contributed by atoms with Crippen LogP contribution >= 0.6 is 0 Å². The third-order valence-electron chi connectivity index (χ3n) is 5.00. The number of pyridine rings is 1. The molecule has 0 saturated carbocycles. The zero-order chi connectivity index (χ0) is 16.8. The molecule has 0 radical (unpaired) electrons. The van der Waals surface area contributed by atoms with Crippen molar-refractivity contribution in [3.05, 3.63) is 33.2 Å². The Bertz CT molecular complexity index is 733. The minimum Gasteiger partial charge on any atom is -0.440 e. The van der Waals surface area contributed by atoms with Gasteiger partial charge in [-0.2, -0.15) is 0 Å². The molecule has 3 rings (SSSR count). The second-order valence-corrected chi connectivity index (χ2v) is 6.03. The zero-order valence-electron chi connectivity index (χ0n) is 13.8. The van der Waals surface area contributed by atoms with Crippen LogP contribution in [0.4, 0.5) is 0 Å². The maximum atomic E-state index is 13.0. The van der Waals surface area contributed by atoms with Crippen LogP contribution in [0.3, 0.4) is 0 Å². The van der Waals surface area contributed by atoms with Gasteiger partial charge in [-0.3, -0.25) is 9.59 Å². The van der Waals surface area contributed by atoms with E-state index >= 15 is 0 Å². The summed E-state index contributed by atoms with van der Waals surface area (Å²) < 4.78 is 7.16. The Morgan fingerprint density at radius 2 is 2.00 bits per heavy atom. The maximum Gasteiger partial charge on any atom is 0.345 e. The Morgan fingerprint density at radius 1 is 1.30 bits per heavy atom. The molecule has 1 unspecified atom stereocenters. The molecule has 6 heteroatoms. The van der Waals surface area contributed by atoms with E-state index < -0.39 is 11.6 Å². The summed E-state index contributed by atoms with van der Waals surface area (Å²) in [5.74, 6) is -0.908. The van der Waals surface area contributed by atoms with E-state index in [9.17, 15) is 14.4 Å². The highest BCUT2D eigenvalue weighted by Gasteiger charge is 2.53. The molecule has 1 amide bonds. The Morgan fingerprint density at radius 3 is 2.61 bits per heavy atom. The molecule has 0 bridgehead atoms. The maximum absolute atomic E-state index is 13.0. The van der Waals surface area contributed by atoms with Crippen molar-refractivity contribution < 1.29 is 14.3 Å². The van der Waals surface area contributed by atoms with Crippen molar-refractivity contribution in [3.63, 3.8) is 0 Å². The van der Waals surface area contributed by atoms with Gasteiger partial charge >= 0.3 is 5.97 Å². The van der Waals surface area contributed by atoms with Gasteiger partial charge in [0, 0.05) is 30.9 Å². The van der Waals surface area contributed by atoms with Crippen LogP contribution in [0.2, 0.25) is 0 Å². The number of aromatic nitrogens is 1. The molecule has 0 spiro atoms. The van der Waals surface area contributed by atoms with E-state index in [1.807, 2.05) is 26.8 Å². The molecule has 2 aliphatic heterocycles. The average molecular weight is 318 g/mol. The summed E-state index contributed by atoms with van der Waals surface area (Å²) in [7, 11) is 0. The van der Waals surface area contributed by atoms with Crippen molar-refractivity contribution in [3.8, 4) is 0 Å². The molecule has 1 atom stereocenters. The van der Waals surface area contributed by atoms with E-state index in [0.29, 0.717) is 31.6 Å². The minimum absolute atomic E-state index is 0.0398. The predicted molar refractivity (Wildman–Crippen MR) is 84.3 cm³/mol. The van der Waals surface area contributed by atoms with E-state index in [0.717, 1.165) is 18.5 Å². The van der Waals surface area contributed by atoms with Crippen LogP contribution in [0.25, 0.3) is 0 Å². The van der Waals surface area contributed by atoms with Gasteiger partial charge in [-0.15, -0.1) is 0 Å². The highest BCUT2D eigenvalue weighted by atomic mass is 16.6. The number of ether oxygens (including phenoxy) is 1. The fourth-order valence-electron chi connectivity index (χ4n) is 3.69. The SMILES string of the molecule is CCN(CC)C(=O)C1(CC)OC(=O)c2c1cc1n(c2=O)CCC1. The summed E-state index contributed by atoms with van der Waals surface area (Å²) in [4.78, 5) is 39.7. The van der Waals surface area contributed by atoms with Gasteiger partial charge in [-0.1, -0.05) is 6.92 Å². The number of amides is 1. The Hall–Kier alpha value is -2.11. The van der Waals surface area contributed by atoms with Crippen LogP contribution in [-0.2, 0) is 28.1 Å². The first-order chi connectivity index (χ1) is 11.0. The number of hydrogen-bond donors (Lipinski definition) is 0. The number of esters is 1. The van der Waals surface area contributed by atoms with E-state index in [1.54, 1.807) is 9.47 Å². The number of cyclic esters (lactones) is 1. The number of rotatable bonds is 4. The normalized spacial score (nSPS) is 21.8. The summed E-state index contributed by atoms with van der Waals surface area (Å²) in [5, 5.41) is 0. The van der Waals surface area contributed by atoms with Crippen molar-refractivity contribution >= 4 is 11.9 Å². The molecular formula is C17H22N2O4. The van der Waals surface area contributed by atoms with Crippen molar-refractivity contribution in [1.29, 1.82) is 0 Å². The number of aryl methyl sites for hydroxylation is 1. The molecule has 23 heavy (non-hydrogen) atoms. The molecule has 124 valence electrons. The van der Waals surface area contributed by atoms with Crippen LogP contribution in [0.15, 0.2) is 10.9 Å². The molecular weight excluding hydrogens is 296 g/mol. The van der Waals surface area contributed by atoms with Crippen molar-refractivity contribution in [2.24, 2.45) is 0 Å². The smallest absolute Gasteiger partial charge is 0.345 e. The topological polar surface area (TPSA) is 68.6 Å². The standard InChI is InChI=1S/C17H22N2O4/c1-4-17(16(22)18(5-2)6-3)12-10-11-8-7-9-19(11)14(20)13(12)15(21)23-17/h10H,4-9H2,1-3H3. The van der Waals surface area contributed by atoms with Gasteiger partial charge in [0.05, 0.1) is 0 Å². The monoisotopic (exact) mass is 318 g/mol. The van der Waals surface area contributed by atoms with Gasteiger partial charge < -0.3 is 14.2 Å². The van der Waals surface area contributed by atoms with Gasteiger partial charge in [0.25, 0.3) is 11.5 Å². The molecule has 0 saturated heterocycles. The third-order valence-corrected chi connectivity index (χ3v) is 5.00. The first-order valence-corrected chi connectivity index (χ1v) is 8.30. The van der Waals surface area contributed by atoms with Gasteiger partial charge in [0.15, 0.2) is 0 Å².